The van der Waals surface area contributed by atoms with Crippen molar-refractivity contribution in [1.29, 1.82) is 0 Å². The van der Waals surface area contributed by atoms with Gasteiger partial charge in [-0.05, 0) is 42.9 Å². The molecule has 2 aromatic carbocycles. The van der Waals surface area contributed by atoms with Gasteiger partial charge in [0.15, 0.2) is 16.6 Å². The van der Waals surface area contributed by atoms with Crippen LogP contribution in [0.5, 0.6) is 11.5 Å². The fourth-order valence-electron chi connectivity index (χ4n) is 2.16. The number of aryl methyl sites for hydroxylation is 1. The van der Waals surface area contributed by atoms with Gasteiger partial charge in [0, 0.05) is 29.6 Å². The number of non-ortho nitro benzene ring substituents is 1. The average molecular weight is 331 g/mol. The van der Waals surface area contributed by atoms with Crippen LogP contribution in [0.15, 0.2) is 36.4 Å². The zero-order valence-corrected chi connectivity index (χ0v) is 13.0. The van der Waals surface area contributed by atoms with Gasteiger partial charge in [0.2, 0.25) is 6.79 Å². The Labute approximate surface area is 137 Å². The van der Waals surface area contributed by atoms with Crippen molar-refractivity contribution in [2.45, 2.75) is 6.92 Å². The van der Waals surface area contributed by atoms with Crippen LogP contribution in [0.3, 0.4) is 0 Å². The van der Waals surface area contributed by atoms with Crippen molar-refractivity contribution in [1.82, 2.24) is 0 Å². The molecule has 0 saturated carbocycles. The standard InChI is InChI=1S/C15H13N3O4S/c1-9-6-11(18(19)20)3-4-12(9)17-15(23)16-10-2-5-13-14(7-10)22-8-21-13/h2-7H,8H2,1H3,(H2,16,17,23). The van der Waals surface area contributed by atoms with E-state index in [0.717, 1.165) is 11.3 Å². The number of fused-ring (bicyclic) bond motifs is 1. The summed E-state index contributed by atoms with van der Waals surface area (Å²) in [6, 6.07) is 9.96. The summed E-state index contributed by atoms with van der Waals surface area (Å²) in [5.41, 5.74) is 2.23. The van der Waals surface area contributed by atoms with E-state index in [4.69, 9.17) is 21.7 Å². The number of nitro groups is 1. The average Bonchev–Trinajstić information content (AvgIpc) is 2.96. The molecule has 118 valence electrons. The molecule has 2 aromatic rings. The van der Waals surface area contributed by atoms with Gasteiger partial charge >= 0.3 is 0 Å². The molecule has 0 amide bonds. The molecule has 0 spiro atoms. The Kier molecular flexibility index (Phi) is 3.98. The summed E-state index contributed by atoms with van der Waals surface area (Å²) in [5.74, 6) is 1.35. The van der Waals surface area contributed by atoms with Gasteiger partial charge in [-0.1, -0.05) is 0 Å². The van der Waals surface area contributed by atoms with Gasteiger partial charge in [0.1, 0.15) is 0 Å². The third-order valence-electron chi connectivity index (χ3n) is 3.30. The number of anilines is 2. The van der Waals surface area contributed by atoms with Crippen LogP contribution in [-0.4, -0.2) is 16.8 Å². The van der Waals surface area contributed by atoms with E-state index >= 15 is 0 Å². The largest absolute Gasteiger partial charge is 0.454 e. The first-order valence-corrected chi connectivity index (χ1v) is 7.16. The summed E-state index contributed by atoms with van der Waals surface area (Å²) >= 11 is 5.26. The molecule has 3 rings (SSSR count). The number of benzene rings is 2. The molecule has 1 aliphatic rings. The highest BCUT2D eigenvalue weighted by atomic mass is 32.1. The second kappa shape index (κ2) is 6.09. The van der Waals surface area contributed by atoms with Gasteiger partial charge in [0.25, 0.3) is 5.69 Å². The lowest BCUT2D eigenvalue weighted by Gasteiger charge is -2.12. The van der Waals surface area contributed by atoms with Crippen LogP contribution in [-0.2, 0) is 0 Å². The molecule has 0 aromatic heterocycles. The molecule has 1 heterocycles. The molecule has 0 radical (unpaired) electrons. The van der Waals surface area contributed by atoms with Crippen LogP contribution in [0.2, 0.25) is 0 Å². The van der Waals surface area contributed by atoms with Crippen molar-refractivity contribution < 1.29 is 14.4 Å². The smallest absolute Gasteiger partial charge is 0.269 e. The van der Waals surface area contributed by atoms with Crippen molar-refractivity contribution in [3.63, 3.8) is 0 Å². The zero-order valence-electron chi connectivity index (χ0n) is 12.2. The van der Waals surface area contributed by atoms with Gasteiger partial charge in [0.05, 0.1) is 4.92 Å². The Bertz CT molecular complexity index is 794. The predicted octanol–water partition coefficient (Wildman–Crippen LogP) is 3.44. The highest BCUT2D eigenvalue weighted by molar-refractivity contribution is 7.80. The van der Waals surface area contributed by atoms with E-state index in [1.54, 1.807) is 25.1 Å². The number of thiocarbonyl (C=S) groups is 1. The molecule has 8 heteroatoms. The van der Waals surface area contributed by atoms with Crippen LogP contribution >= 0.6 is 12.2 Å². The number of rotatable bonds is 3. The van der Waals surface area contributed by atoms with Crippen LogP contribution < -0.4 is 20.1 Å². The highest BCUT2D eigenvalue weighted by Crippen LogP contribution is 2.34. The van der Waals surface area contributed by atoms with Crippen LogP contribution in [0.4, 0.5) is 17.1 Å². The van der Waals surface area contributed by atoms with Crippen molar-refractivity contribution >= 4 is 34.4 Å². The van der Waals surface area contributed by atoms with E-state index in [1.807, 2.05) is 6.07 Å². The number of nitro benzene ring substituents is 1. The Morgan fingerprint density at radius 3 is 2.70 bits per heavy atom. The third kappa shape index (κ3) is 3.32. The third-order valence-corrected chi connectivity index (χ3v) is 3.50. The Balaban J connectivity index is 1.69. The molecular weight excluding hydrogens is 318 g/mol. The minimum Gasteiger partial charge on any atom is -0.454 e. The lowest BCUT2D eigenvalue weighted by Crippen LogP contribution is -2.19. The van der Waals surface area contributed by atoms with Crippen LogP contribution in [0.1, 0.15) is 5.56 Å². The van der Waals surface area contributed by atoms with Crippen molar-refractivity contribution in [2.75, 3.05) is 17.4 Å². The summed E-state index contributed by atoms with van der Waals surface area (Å²) in [7, 11) is 0. The van der Waals surface area contributed by atoms with Crippen LogP contribution in [0, 0.1) is 17.0 Å². The molecule has 0 saturated heterocycles. The van der Waals surface area contributed by atoms with Gasteiger partial charge in [-0.2, -0.15) is 0 Å². The first-order chi connectivity index (χ1) is 11.0. The number of hydrogen-bond donors (Lipinski definition) is 2. The molecule has 0 aliphatic carbocycles. The number of hydrogen-bond acceptors (Lipinski definition) is 5. The van der Waals surface area contributed by atoms with Gasteiger partial charge < -0.3 is 20.1 Å². The van der Waals surface area contributed by atoms with Gasteiger partial charge in [-0.25, -0.2) is 0 Å². The number of nitrogens with zero attached hydrogens (tertiary/aromatic N) is 1. The predicted molar refractivity (Wildman–Crippen MR) is 90.2 cm³/mol. The zero-order chi connectivity index (χ0) is 16.4. The lowest BCUT2D eigenvalue weighted by molar-refractivity contribution is -0.384. The molecule has 0 fully saturated rings. The molecule has 0 bridgehead atoms. The van der Waals surface area contributed by atoms with Gasteiger partial charge in [-0.3, -0.25) is 10.1 Å². The minimum atomic E-state index is -0.431. The van der Waals surface area contributed by atoms with E-state index in [0.29, 0.717) is 22.3 Å². The first-order valence-electron chi connectivity index (χ1n) is 6.75. The van der Waals surface area contributed by atoms with Crippen LogP contribution in [0.25, 0.3) is 0 Å². The van der Waals surface area contributed by atoms with E-state index in [1.165, 1.54) is 12.1 Å². The minimum absolute atomic E-state index is 0.0442. The summed E-state index contributed by atoms with van der Waals surface area (Å²) < 4.78 is 10.6. The van der Waals surface area contributed by atoms with Crippen molar-refractivity contribution in [3.05, 3.63) is 52.1 Å². The maximum atomic E-state index is 10.7. The molecule has 1 aliphatic heterocycles. The van der Waals surface area contributed by atoms with Crippen molar-refractivity contribution in [2.24, 2.45) is 0 Å². The Morgan fingerprint density at radius 1 is 1.17 bits per heavy atom. The SMILES string of the molecule is Cc1cc([N+](=O)[O-])ccc1NC(=S)Nc1ccc2c(c1)OCO2. The first kappa shape index (κ1) is 15.0. The van der Waals surface area contributed by atoms with E-state index in [2.05, 4.69) is 10.6 Å². The topological polar surface area (TPSA) is 85.7 Å². The summed E-state index contributed by atoms with van der Waals surface area (Å²) in [5, 5.41) is 17.2. The van der Waals surface area contributed by atoms with E-state index in [9.17, 15) is 10.1 Å². The van der Waals surface area contributed by atoms with E-state index < -0.39 is 4.92 Å². The van der Waals surface area contributed by atoms with Crippen molar-refractivity contribution in [3.8, 4) is 11.5 Å². The molecular formula is C15H13N3O4S. The molecule has 7 nitrogen and oxygen atoms in total. The fourth-order valence-corrected chi connectivity index (χ4v) is 2.39. The monoisotopic (exact) mass is 331 g/mol. The quantitative estimate of drug-likeness (QED) is 0.506. The second-order valence-corrected chi connectivity index (χ2v) is 5.31. The normalized spacial score (nSPS) is 11.9. The van der Waals surface area contributed by atoms with E-state index in [-0.39, 0.29) is 12.5 Å². The summed E-state index contributed by atoms with van der Waals surface area (Å²) in [4.78, 5) is 10.3. The number of ether oxygens (including phenoxy) is 2. The summed E-state index contributed by atoms with van der Waals surface area (Å²) in [6.07, 6.45) is 0. The second-order valence-electron chi connectivity index (χ2n) is 4.90. The molecule has 0 atom stereocenters. The Hall–Kier alpha value is -2.87. The highest BCUT2D eigenvalue weighted by Gasteiger charge is 2.14. The maximum Gasteiger partial charge on any atom is 0.269 e. The molecule has 2 N–H and O–H groups in total. The molecule has 23 heavy (non-hydrogen) atoms. The van der Waals surface area contributed by atoms with Gasteiger partial charge in [-0.15, -0.1) is 0 Å². The lowest BCUT2D eigenvalue weighted by atomic mass is 10.2. The number of nitrogens with one attached hydrogen (secondary N) is 2. The Morgan fingerprint density at radius 2 is 1.96 bits per heavy atom. The fraction of sp³-hybridized carbons (Fsp3) is 0.133. The maximum absolute atomic E-state index is 10.7. The molecule has 0 unspecified atom stereocenters. The summed E-state index contributed by atoms with van der Waals surface area (Å²) in [6.45, 7) is 1.99.